The Balaban J connectivity index is 1.82. The van der Waals surface area contributed by atoms with Gasteiger partial charge in [-0.15, -0.1) is 0 Å². The summed E-state index contributed by atoms with van der Waals surface area (Å²) in [6.45, 7) is 10.2. The topological polar surface area (TPSA) is 78.9 Å². The van der Waals surface area contributed by atoms with Crippen LogP contribution in [-0.2, 0) is 9.53 Å². The lowest BCUT2D eigenvalue weighted by Gasteiger charge is -2.27. The van der Waals surface area contributed by atoms with Crippen LogP contribution in [-0.4, -0.2) is 52.8 Å². The summed E-state index contributed by atoms with van der Waals surface area (Å²) in [5.41, 5.74) is -1.09. The number of hydrogen-bond donors (Lipinski definition) is 2. The van der Waals surface area contributed by atoms with Crippen LogP contribution in [0.2, 0.25) is 0 Å². The fourth-order valence-corrected chi connectivity index (χ4v) is 2.85. The Morgan fingerprint density at radius 2 is 1.71 bits per heavy atom. The van der Waals surface area contributed by atoms with Gasteiger partial charge in [0.15, 0.2) is 0 Å². The van der Waals surface area contributed by atoms with E-state index in [0.717, 1.165) is 0 Å². The molecular weight excluding hydrogens is 272 g/mol. The third-order valence-electron chi connectivity index (χ3n) is 4.01. The van der Waals surface area contributed by atoms with Crippen LogP contribution in [0, 0.1) is 17.8 Å². The second-order valence-electron chi connectivity index (χ2n) is 7.77. The first-order valence-corrected chi connectivity index (χ1v) is 7.45. The van der Waals surface area contributed by atoms with E-state index in [1.165, 1.54) is 0 Å². The smallest absolute Gasteiger partial charge is 0.410 e. The first-order chi connectivity index (χ1) is 9.54. The summed E-state index contributed by atoms with van der Waals surface area (Å²) in [7, 11) is 0. The summed E-state index contributed by atoms with van der Waals surface area (Å²) < 4.78 is 5.34. The molecule has 1 saturated carbocycles. The van der Waals surface area contributed by atoms with Gasteiger partial charge in [-0.25, -0.2) is 4.79 Å². The third kappa shape index (κ3) is 3.67. The number of piperidine rings is 1. The first-order valence-electron chi connectivity index (χ1n) is 7.45. The first kappa shape index (κ1) is 16.1. The molecule has 0 bridgehead atoms. The Labute approximate surface area is 125 Å². The molecule has 0 spiro atoms. The molecule has 2 amide bonds. The molecule has 2 N–H and O–H groups in total. The number of amides is 2. The maximum atomic E-state index is 12.1. The number of aliphatic hydroxyl groups is 1. The molecule has 1 heterocycles. The van der Waals surface area contributed by atoms with E-state index in [1.54, 1.807) is 18.7 Å². The third-order valence-corrected chi connectivity index (χ3v) is 4.01. The van der Waals surface area contributed by atoms with Gasteiger partial charge in [0.25, 0.3) is 0 Å². The van der Waals surface area contributed by atoms with Gasteiger partial charge in [-0.2, -0.15) is 0 Å². The van der Waals surface area contributed by atoms with Crippen molar-refractivity contribution in [1.82, 2.24) is 10.2 Å². The van der Waals surface area contributed by atoms with Crippen LogP contribution in [0.5, 0.6) is 0 Å². The number of likely N-dealkylation sites (tertiary alicyclic amines) is 1. The average molecular weight is 298 g/mol. The molecule has 1 unspecified atom stereocenters. The Kier molecular flexibility index (Phi) is 3.95. The Morgan fingerprint density at radius 3 is 2.14 bits per heavy atom. The normalized spacial score (nSPS) is 28.1. The van der Waals surface area contributed by atoms with Crippen LogP contribution < -0.4 is 5.32 Å². The summed E-state index contributed by atoms with van der Waals surface area (Å²) in [5, 5.41) is 12.0. The van der Waals surface area contributed by atoms with Gasteiger partial charge in [-0.05, 0) is 46.5 Å². The van der Waals surface area contributed by atoms with Gasteiger partial charge in [-0.3, -0.25) is 4.79 Å². The summed E-state index contributed by atoms with van der Waals surface area (Å²) in [4.78, 5) is 25.8. The largest absolute Gasteiger partial charge is 0.444 e. The average Bonchev–Trinajstić information content (AvgIpc) is 2.82. The zero-order valence-electron chi connectivity index (χ0n) is 13.5. The van der Waals surface area contributed by atoms with E-state index >= 15 is 0 Å². The molecule has 1 saturated heterocycles. The molecule has 6 nitrogen and oxygen atoms in total. The van der Waals surface area contributed by atoms with E-state index in [1.807, 2.05) is 20.8 Å². The number of aliphatic hydroxyl groups excluding tert-OH is 1. The molecule has 0 aromatic carbocycles. The number of fused-ring (bicyclic) bond motifs is 1. The number of carbonyl (C=O) groups excluding carboxylic acids is 2. The van der Waals surface area contributed by atoms with E-state index in [4.69, 9.17) is 4.74 Å². The predicted octanol–water partition coefficient (Wildman–Crippen LogP) is 0.986. The van der Waals surface area contributed by atoms with Gasteiger partial charge in [-0.1, -0.05) is 0 Å². The van der Waals surface area contributed by atoms with Crippen molar-refractivity contribution in [3.05, 3.63) is 0 Å². The van der Waals surface area contributed by atoms with Crippen molar-refractivity contribution in [2.24, 2.45) is 17.8 Å². The van der Waals surface area contributed by atoms with Gasteiger partial charge in [0.05, 0.1) is 12.1 Å². The number of ether oxygens (including phenoxy) is 1. The van der Waals surface area contributed by atoms with Crippen molar-refractivity contribution in [2.45, 2.75) is 45.8 Å². The minimum atomic E-state index is -0.598. The van der Waals surface area contributed by atoms with Crippen molar-refractivity contribution in [3.63, 3.8) is 0 Å². The molecular formula is C15H26N2O4. The van der Waals surface area contributed by atoms with Gasteiger partial charge in [0.2, 0.25) is 5.91 Å². The van der Waals surface area contributed by atoms with Gasteiger partial charge >= 0.3 is 6.09 Å². The van der Waals surface area contributed by atoms with E-state index in [0.29, 0.717) is 13.1 Å². The van der Waals surface area contributed by atoms with Crippen molar-refractivity contribution >= 4 is 12.0 Å². The molecule has 1 aliphatic heterocycles. The highest BCUT2D eigenvalue weighted by Gasteiger charge is 2.60. The van der Waals surface area contributed by atoms with Crippen molar-refractivity contribution in [3.8, 4) is 0 Å². The molecule has 3 atom stereocenters. The van der Waals surface area contributed by atoms with E-state index in [-0.39, 0.29) is 36.4 Å². The summed E-state index contributed by atoms with van der Waals surface area (Å²) >= 11 is 0. The van der Waals surface area contributed by atoms with Crippen LogP contribution in [0.15, 0.2) is 0 Å². The fraction of sp³-hybridized carbons (Fsp3) is 0.867. The minimum absolute atomic E-state index is 0.0205. The highest BCUT2D eigenvalue weighted by atomic mass is 16.6. The fourth-order valence-electron chi connectivity index (χ4n) is 2.85. The maximum absolute atomic E-state index is 12.1. The lowest BCUT2D eigenvalue weighted by atomic mass is 10.1. The van der Waals surface area contributed by atoms with Crippen LogP contribution in [0.1, 0.15) is 34.6 Å². The second-order valence-corrected chi connectivity index (χ2v) is 7.77. The van der Waals surface area contributed by atoms with Crippen molar-refractivity contribution in [2.75, 3.05) is 19.7 Å². The molecule has 2 fully saturated rings. The zero-order valence-corrected chi connectivity index (χ0v) is 13.5. The zero-order chi connectivity index (χ0) is 16.0. The summed E-state index contributed by atoms with van der Waals surface area (Å²) in [5.74, 6) is 0.404. The number of hydrogen-bond acceptors (Lipinski definition) is 4. The Morgan fingerprint density at radius 1 is 1.19 bits per heavy atom. The molecule has 2 aliphatic rings. The predicted molar refractivity (Wildman–Crippen MR) is 77.6 cm³/mol. The molecule has 2 rings (SSSR count). The highest BCUT2D eigenvalue weighted by Crippen LogP contribution is 2.52. The van der Waals surface area contributed by atoms with E-state index in [9.17, 15) is 14.7 Å². The molecule has 1 aliphatic carbocycles. The lowest BCUT2D eigenvalue weighted by Crippen LogP contribution is -2.48. The van der Waals surface area contributed by atoms with Gasteiger partial charge in [0.1, 0.15) is 5.60 Å². The molecule has 21 heavy (non-hydrogen) atoms. The van der Waals surface area contributed by atoms with Crippen LogP contribution in [0.4, 0.5) is 4.79 Å². The quantitative estimate of drug-likeness (QED) is 0.814. The second kappa shape index (κ2) is 5.16. The van der Waals surface area contributed by atoms with Crippen molar-refractivity contribution < 1.29 is 19.4 Å². The van der Waals surface area contributed by atoms with Gasteiger partial charge in [0, 0.05) is 19.0 Å². The number of rotatable bonds is 3. The highest BCUT2D eigenvalue weighted by molar-refractivity contribution is 5.84. The minimum Gasteiger partial charge on any atom is -0.444 e. The Hall–Kier alpha value is -1.30. The van der Waals surface area contributed by atoms with Crippen LogP contribution >= 0.6 is 0 Å². The Bertz CT molecular complexity index is 429. The maximum Gasteiger partial charge on any atom is 0.410 e. The molecule has 0 radical (unpaired) electrons. The summed E-state index contributed by atoms with van der Waals surface area (Å²) in [6.07, 6.45) is -0.301. The van der Waals surface area contributed by atoms with Crippen LogP contribution in [0.25, 0.3) is 0 Å². The van der Waals surface area contributed by atoms with E-state index in [2.05, 4.69) is 5.32 Å². The number of nitrogens with one attached hydrogen (secondary N) is 1. The van der Waals surface area contributed by atoms with Gasteiger partial charge < -0.3 is 20.1 Å². The lowest BCUT2D eigenvalue weighted by molar-refractivity contribution is -0.125. The molecule has 0 aromatic rings. The monoisotopic (exact) mass is 298 g/mol. The van der Waals surface area contributed by atoms with Crippen molar-refractivity contribution in [1.29, 1.82) is 0 Å². The number of nitrogens with zero attached hydrogens (tertiary/aromatic N) is 1. The molecule has 120 valence electrons. The SMILES string of the molecule is CC(C)(CO)NC(=O)C1[C@H]2CN(C(=O)OC(C)(C)C)C[C@@H]12. The molecule has 0 aromatic heterocycles. The standard InChI is InChI=1S/C15H26N2O4/c1-14(2,3)21-13(20)17-6-9-10(7-17)11(9)12(19)16-15(4,5)8-18/h9-11,18H,6-8H2,1-5H3,(H,16,19)/t9-,10+,11?. The van der Waals surface area contributed by atoms with Crippen LogP contribution in [0.3, 0.4) is 0 Å². The summed E-state index contributed by atoms with van der Waals surface area (Å²) in [6, 6.07) is 0. The number of carbonyl (C=O) groups is 2. The van der Waals surface area contributed by atoms with E-state index < -0.39 is 11.1 Å². The molecule has 6 heteroatoms.